The molecular formula is C17H23N5OS. The number of urea groups is 1. The Morgan fingerprint density at radius 2 is 2.08 bits per heavy atom. The second-order valence-electron chi connectivity index (χ2n) is 6.02. The van der Waals surface area contributed by atoms with Gasteiger partial charge in [-0.25, -0.2) is 14.5 Å². The van der Waals surface area contributed by atoms with Crippen LogP contribution < -0.4 is 5.32 Å². The molecule has 0 saturated carbocycles. The maximum atomic E-state index is 12.3. The zero-order chi connectivity index (χ0) is 16.8. The van der Waals surface area contributed by atoms with Gasteiger partial charge in [0.1, 0.15) is 12.7 Å². The second kappa shape index (κ2) is 8.19. The van der Waals surface area contributed by atoms with E-state index in [9.17, 15) is 4.79 Å². The van der Waals surface area contributed by atoms with E-state index < -0.39 is 0 Å². The Labute approximate surface area is 146 Å². The predicted octanol–water partition coefficient (Wildman–Crippen LogP) is 2.81. The van der Waals surface area contributed by atoms with Gasteiger partial charge in [0.05, 0.1) is 6.04 Å². The van der Waals surface area contributed by atoms with Crippen molar-refractivity contribution in [1.29, 1.82) is 0 Å². The third kappa shape index (κ3) is 4.50. The van der Waals surface area contributed by atoms with E-state index in [4.69, 9.17) is 0 Å². The number of benzene rings is 1. The average molecular weight is 345 g/mol. The van der Waals surface area contributed by atoms with Crippen LogP contribution in [0.4, 0.5) is 4.79 Å². The van der Waals surface area contributed by atoms with E-state index in [0.717, 1.165) is 25.9 Å². The van der Waals surface area contributed by atoms with E-state index in [2.05, 4.69) is 34.5 Å². The Kier molecular flexibility index (Phi) is 5.74. The number of thioether (sulfide) groups is 1. The van der Waals surface area contributed by atoms with Crippen molar-refractivity contribution >= 4 is 17.8 Å². The number of nitrogens with zero attached hydrogens (tertiary/aromatic N) is 4. The molecule has 1 aliphatic heterocycles. The van der Waals surface area contributed by atoms with Crippen LogP contribution in [-0.2, 0) is 0 Å². The standard InChI is InChI=1S/C17H23N5OS/c1-14(24-16-5-3-2-4-6-16)11-19-17(23)21-9-7-15(8-10-21)22-13-18-12-20-22/h2-6,12-15H,7-11H2,1H3,(H,19,23). The molecule has 1 saturated heterocycles. The molecule has 3 rings (SSSR count). The van der Waals surface area contributed by atoms with E-state index in [1.54, 1.807) is 24.4 Å². The van der Waals surface area contributed by atoms with Gasteiger partial charge >= 0.3 is 6.03 Å². The van der Waals surface area contributed by atoms with Crippen LogP contribution in [0.15, 0.2) is 47.9 Å². The highest BCUT2D eigenvalue weighted by Crippen LogP contribution is 2.23. The first-order valence-electron chi connectivity index (χ1n) is 8.31. The molecule has 128 valence electrons. The summed E-state index contributed by atoms with van der Waals surface area (Å²) >= 11 is 1.78. The molecule has 7 heteroatoms. The van der Waals surface area contributed by atoms with Crippen molar-refractivity contribution in [3.05, 3.63) is 43.0 Å². The molecule has 0 spiro atoms. The Morgan fingerprint density at radius 3 is 2.75 bits per heavy atom. The summed E-state index contributed by atoms with van der Waals surface area (Å²) in [4.78, 5) is 19.4. The maximum absolute atomic E-state index is 12.3. The van der Waals surface area contributed by atoms with Gasteiger partial charge < -0.3 is 10.2 Å². The van der Waals surface area contributed by atoms with Gasteiger partial charge in [-0.3, -0.25) is 0 Å². The number of rotatable bonds is 5. The van der Waals surface area contributed by atoms with Crippen molar-refractivity contribution in [2.24, 2.45) is 0 Å². The van der Waals surface area contributed by atoms with Crippen LogP contribution in [0, 0.1) is 0 Å². The van der Waals surface area contributed by atoms with Gasteiger partial charge in [0.25, 0.3) is 0 Å². The van der Waals surface area contributed by atoms with Gasteiger partial charge in [0.2, 0.25) is 0 Å². The van der Waals surface area contributed by atoms with Crippen LogP contribution in [0.5, 0.6) is 0 Å². The first-order chi connectivity index (χ1) is 11.7. The minimum Gasteiger partial charge on any atom is -0.337 e. The zero-order valence-corrected chi connectivity index (χ0v) is 14.7. The number of carbonyl (C=O) groups is 1. The van der Waals surface area contributed by atoms with Gasteiger partial charge in [-0.1, -0.05) is 25.1 Å². The lowest BCUT2D eigenvalue weighted by molar-refractivity contribution is 0.169. The summed E-state index contributed by atoms with van der Waals surface area (Å²) in [7, 11) is 0. The summed E-state index contributed by atoms with van der Waals surface area (Å²) in [6, 6.07) is 10.7. The van der Waals surface area contributed by atoms with Crippen LogP contribution in [0.2, 0.25) is 0 Å². The van der Waals surface area contributed by atoms with E-state index in [1.165, 1.54) is 4.90 Å². The largest absolute Gasteiger partial charge is 0.337 e. The van der Waals surface area contributed by atoms with Crippen molar-refractivity contribution in [3.63, 3.8) is 0 Å². The molecule has 2 aromatic rings. The quantitative estimate of drug-likeness (QED) is 0.847. The highest BCUT2D eigenvalue weighted by atomic mass is 32.2. The molecule has 1 atom stereocenters. The molecule has 24 heavy (non-hydrogen) atoms. The fourth-order valence-electron chi connectivity index (χ4n) is 2.86. The fourth-order valence-corrected chi connectivity index (χ4v) is 3.80. The number of hydrogen-bond acceptors (Lipinski definition) is 4. The lowest BCUT2D eigenvalue weighted by Crippen LogP contribution is -2.46. The lowest BCUT2D eigenvalue weighted by Gasteiger charge is -2.32. The van der Waals surface area contributed by atoms with Gasteiger partial charge in [-0.15, -0.1) is 11.8 Å². The van der Waals surface area contributed by atoms with Crippen LogP contribution in [-0.4, -0.2) is 50.6 Å². The van der Waals surface area contributed by atoms with Crippen LogP contribution in [0.1, 0.15) is 25.8 Å². The van der Waals surface area contributed by atoms with Gasteiger partial charge in [-0.2, -0.15) is 5.10 Å². The molecule has 2 heterocycles. The number of carbonyl (C=O) groups excluding carboxylic acids is 1. The smallest absolute Gasteiger partial charge is 0.317 e. The van der Waals surface area contributed by atoms with E-state index in [0.29, 0.717) is 17.8 Å². The molecule has 0 radical (unpaired) electrons. The highest BCUT2D eigenvalue weighted by Gasteiger charge is 2.24. The predicted molar refractivity (Wildman–Crippen MR) is 95.0 cm³/mol. The molecule has 1 aromatic carbocycles. The SMILES string of the molecule is CC(CNC(=O)N1CCC(n2cncn2)CC1)Sc1ccccc1. The van der Waals surface area contributed by atoms with Gasteiger partial charge in [-0.05, 0) is 25.0 Å². The highest BCUT2D eigenvalue weighted by molar-refractivity contribution is 8.00. The summed E-state index contributed by atoms with van der Waals surface area (Å²) in [6.07, 6.45) is 5.16. The summed E-state index contributed by atoms with van der Waals surface area (Å²) in [5.74, 6) is 0. The number of nitrogens with one attached hydrogen (secondary N) is 1. The van der Waals surface area contributed by atoms with E-state index in [1.807, 2.05) is 27.8 Å². The van der Waals surface area contributed by atoms with Crippen molar-refractivity contribution in [2.45, 2.75) is 36.0 Å². The number of amides is 2. The molecule has 0 aliphatic carbocycles. The maximum Gasteiger partial charge on any atom is 0.317 e. The van der Waals surface area contributed by atoms with Crippen LogP contribution >= 0.6 is 11.8 Å². The molecule has 1 N–H and O–H groups in total. The fraction of sp³-hybridized carbons (Fsp3) is 0.471. The molecule has 1 fully saturated rings. The van der Waals surface area contributed by atoms with Crippen molar-refractivity contribution in [3.8, 4) is 0 Å². The number of hydrogen-bond donors (Lipinski definition) is 1. The number of likely N-dealkylation sites (tertiary alicyclic amines) is 1. The molecule has 2 amide bonds. The van der Waals surface area contributed by atoms with Crippen molar-refractivity contribution < 1.29 is 4.79 Å². The van der Waals surface area contributed by atoms with Gasteiger partial charge in [0.15, 0.2) is 0 Å². The number of piperidine rings is 1. The summed E-state index contributed by atoms with van der Waals surface area (Å²) in [5.41, 5.74) is 0. The minimum atomic E-state index is 0.0348. The topological polar surface area (TPSA) is 63.1 Å². The Morgan fingerprint density at radius 1 is 1.33 bits per heavy atom. The monoisotopic (exact) mass is 345 g/mol. The molecule has 1 unspecified atom stereocenters. The Bertz CT molecular complexity index is 626. The Balaban J connectivity index is 1.39. The molecule has 1 aliphatic rings. The molecule has 6 nitrogen and oxygen atoms in total. The second-order valence-corrected chi connectivity index (χ2v) is 7.53. The third-order valence-electron chi connectivity index (χ3n) is 4.18. The molecule has 0 bridgehead atoms. The lowest BCUT2D eigenvalue weighted by atomic mass is 10.1. The first kappa shape index (κ1) is 16.8. The van der Waals surface area contributed by atoms with Crippen LogP contribution in [0.3, 0.4) is 0 Å². The summed E-state index contributed by atoms with van der Waals surface area (Å²) in [6.45, 7) is 4.32. The zero-order valence-electron chi connectivity index (χ0n) is 13.8. The van der Waals surface area contributed by atoms with Crippen LogP contribution in [0.25, 0.3) is 0 Å². The normalized spacial score (nSPS) is 16.8. The summed E-state index contributed by atoms with van der Waals surface area (Å²) in [5, 5.41) is 7.58. The first-order valence-corrected chi connectivity index (χ1v) is 9.19. The molecular weight excluding hydrogens is 322 g/mol. The average Bonchev–Trinajstić information content (AvgIpc) is 3.15. The third-order valence-corrected chi connectivity index (χ3v) is 5.30. The van der Waals surface area contributed by atoms with Gasteiger partial charge in [0, 0.05) is 29.8 Å². The minimum absolute atomic E-state index is 0.0348. The number of aromatic nitrogens is 3. The van der Waals surface area contributed by atoms with Crippen molar-refractivity contribution in [1.82, 2.24) is 25.0 Å². The Hall–Kier alpha value is -2.02. The van der Waals surface area contributed by atoms with E-state index >= 15 is 0 Å². The molecule has 1 aromatic heterocycles. The van der Waals surface area contributed by atoms with Crippen molar-refractivity contribution in [2.75, 3.05) is 19.6 Å². The summed E-state index contributed by atoms with van der Waals surface area (Å²) < 4.78 is 1.90. The van der Waals surface area contributed by atoms with E-state index in [-0.39, 0.29) is 6.03 Å².